The molecule has 0 heterocycles. The maximum absolute atomic E-state index is 12.8. The highest BCUT2D eigenvalue weighted by Gasteiger charge is 2.20. The monoisotopic (exact) mass is 681 g/mol. The number of unbranched alkanes of at least 4 members (excludes halogenated alkanes) is 1. The van der Waals surface area contributed by atoms with E-state index in [-0.39, 0.29) is 83.9 Å². The number of carbonyl (C=O) groups is 5. The molecule has 0 bridgehead atoms. The van der Waals surface area contributed by atoms with E-state index >= 15 is 0 Å². The summed E-state index contributed by atoms with van der Waals surface area (Å²) in [6.07, 6.45) is 0.840. The molecule has 274 valence electrons. The zero-order valence-electron chi connectivity index (χ0n) is 28.0. The zero-order valence-corrected chi connectivity index (χ0v) is 28.0. The van der Waals surface area contributed by atoms with Gasteiger partial charge in [0.1, 0.15) is 11.6 Å². The fourth-order valence-electron chi connectivity index (χ4n) is 3.45. The normalized spacial score (nSPS) is 11.9. The average molecular weight is 682 g/mol. The molecule has 0 aliphatic carbocycles. The van der Waals surface area contributed by atoms with Gasteiger partial charge >= 0.3 is 18.0 Å². The number of carboxylic acid groups (broad SMARTS) is 2. The summed E-state index contributed by atoms with van der Waals surface area (Å²) in [4.78, 5) is 58.0. The molecule has 0 saturated carbocycles. The van der Waals surface area contributed by atoms with Crippen molar-refractivity contribution < 1.29 is 67.3 Å². The number of hydrogen-bond donors (Lipinski definition) is 5. The molecule has 0 saturated heterocycles. The van der Waals surface area contributed by atoms with Crippen LogP contribution in [0.4, 0.5) is 4.79 Å². The predicted molar refractivity (Wildman–Crippen MR) is 167 cm³/mol. The summed E-state index contributed by atoms with van der Waals surface area (Å²) in [7, 11) is 0. The number of nitrogens with one attached hydrogen (secondary N) is 3. The SMILES string of the molecule is CC(C)(C)OC(=O)NCCCC[C@H](NC(=O)CCOCCOCCOCCOCCC(=O)O)C(=O)NCCOCCOCCC(=O)O. The number of hydrogen-bond acceptors (Lipinski definition) is 12. The van der Waals surface area contributed by atoms with Gasteiger partial charge in [0, 0.05) is 19.5 Å². The Kier molecular flexibility index (Phi) is 27.2. The van der Waals surface area contributed by atoms with E-state index in [2.05, 4.69) is 16.0 Å². The lowest BCUT2D eigenvalue weighted by Gasteiger charge is -2.20. The Morgan fingerprint density at radius 3 is 1.49 bits per heavy atom. The first-order chi connectivity index (χ1) is 22.4. The second-order valence-electron chi connectivity index (χ2n) is 11.0. The molecule has 0 unspecified atom stereocenters. The van der Waals surface area contributed by atoms with Crippen LogP contribution in [0.5, 0.6) is 0 Å². The van der Waals surface area contributed by atoms with Crippen LogP contribution in [-0.4, -0.2) is 144 Å². The first-order valence-corrected chi connectivity index (χ1v) is 15.8. The molecule has 17 nitrogen and oxygen atoms in total. The van der Waals surface area contributed by atoms with E-state index < -0.39 is 29.7 Å². The van der Waals surface area contributed by atoms with E-state index in [1.54, 1.807) is 20.8 Å². The van der Waals surface area contributed by atoms with Crippen LogP contribution in [0.2, 0.25) is 0 Å². The van der Waals surface area contributed by atoms with Crippen molar-refractivity contribution in [3.8, 4) is 0 Å². The molecule has 1 atom stereocenters. The Morgan fingerprint density at radius 1 is 0.574 bits per heavy atom. The average Bonchev–Trinajstić information content (AvgIpc) is 2.98. The minimum atomic E-state index is -0.942. The van der Waals surface area contributed by atoms with E-state index in [4.69, 9.17) is 43.4 Å². The summed E-state index contributed by atoms with van der Waals surface area (Å²) in [5.74, 6) is -2.58. The van der Waals surface area contributed by atoms with Gasteiger partial charge in [0.05, 0.1) is 92.1 Å². The van der Waals surface area contributed by atoms with Gasteiger partial charge in [-0.15, -0.1) is 0 Å². The van der Waals surface area contributed by atoms with Crippen LogP contribution in [-0.2, 0) is 52.3 Å². The summed E-state index contributed by atoms with van der Waals surface area (Å²) in [6.45, 7) is 8.81. The summed E-state index contributed by atoms with van der Waals surface area (Å²) in [5, 5.41) is 25.3. The van der Waals surface area contributed by atoms with Crippen molar-refractivity contribution in [1.82, 2.24) is 16.0 Å². The molecule has 0 aliphatic heterocycles. The van der Waals surface area contributed by atoms with E-state index in [0.29, 0.717) is 58.8 Å². The minimum absolute atomic E-state index is 0.0416. The topological polar surface area (TPSA) is 227 Å². The highest BCUT2D eigenvalue weighted by Crippen LogP contribution is 2.07. The van der Waals surface area contributed by atoms with E-state index in [1.165, 1.54) is 0 Å². The van der Waals surface area contributed by atoms with Crippen molar-refractivity contribution in [2.75, 3.05) is 92.4 Å². The number of rotatable bonds is 31. The predicted octanol–water partition coefficient (Wildman–Crippen LogP) is 0.722. The van der Waals surface area contributed by atoms with Crippen molar-refractivity contribution in [1.29, 1.82) is 0 Å². The first kappa shape index (κ1) is 43.9. The smallest absolute Gasteiger partial charge is 0.407 e. The molecule has 17 heteroatoms. The number of amides is 3. The molecule has 0 aliphatic rings. The van der Waals surface area contributed by atoms with Gasteiger partial charge in [-0.05, 0) is 40.0 Å². The Morgan fingerprint density at radius 2 is 1.02 bits per heavy atom. The molecule has 0 spiro atoms. The molecule has 0 aromatic carbocycles. The molecule has 0 aromatic rings. The third-order valence-corrected chi connectivity index (χ3v) is 5.67. The Labute approximate surface area is 276 Å². The Hall–Kier alpha value is -3.09. The number of alkyl carbamates (subject to hydrolysis) is 1. The molecule has 47 heavy (non-hydrogen) atoms. The molecule has 3 amide bonds. The van der Waals surface area contributed by atoms with Gasteiger partial charge in [-0.25, -0.2) is 4.79 Å². The van der Waals surface area contributed by atoms with Crippen LogP contribution in [0, 0.1) is 0 Å². The highest BCUT2D eigenvalue weighted by molar-refractivity contribution is 5.87. The van der Waals surface area contributed by atoms with Gasteiger partial charge in [0.15, 0.2) is 0 Å². The summed E-state index contributed by atoms with van der Waals surface area (Å²) >= 11 is 0. The van der Waals surface area contributed by atoms with Crippen LogP contribution < -0.4 is 16.0 Å². The van der Waals surface area contributed by atoms with Gasteiger partial charge in [-0.3, -0.25) is 19.2 Å². The summed E-state index contributed by atoms with van der Waals surface area (Å²) in [5.41, 5.74) is -0.607. The largest absolute Gasteiger partial charge is 0.481 e. The standard InChI is InChI=1S/C30H55N3O14/c1-30(2,3)47-29(40)32-10-5-4-6-24(28(39)31-11-15-44-19-16-42-13-8-26(35)36)33-25(34)7-12-41-17-20-45-22-23-46-21-18-43-14-9-27(37)38/h24H,4-23H2,1-3H3,(H,31,39)(H,32,40)(H,33,34)(H,35,36)(H,37,38)/t24-/m0/s1. The van der Waals surface area contributed by atoms with Crippen LogP contribution in [0.15, 0.2) is 0 Å². The second-order valence-corrected chi connectivity index (χ2v) is 11.0. The van der Waals surface area contributed by atoms with Crippen molar-refractivity contribution in [3.63, 3.8) is 0 Å². The molecule has 0 aromatic heterocycles. The number of ether oxygens (including phenoxy) is 7. The zero-order chi connectivity index (χ0) is 35.2. The first-order valence-electron chi connectivity index (χ1n) is 15.8. The number of carboxylic acids is 2. The summed E-state index contributed by atoms with van der Waals surface area (Å²) < 4.78 is 37.0. The fourth-order valence-corrected chi connectivity index (χ4v) is 3.45. The molecular formula is C30H55N3O14. The van der Waals surface area contributed by atoms with Gasteiger partial charge in [-0.2, -0.15) is 0 Å². The van der Waals surface area contributed by atoms with Crippen molar-refractivity contribution in [3.05, 3.63) is 0 Å². The lowest BCUT2D eigenvalue weighted by molar-refractivity contribution is -0.139. The quantitative estimate of drug-likeness (QED) is 0.0636. The van der Waals surface area contributed by atoms with Gasteiger partial charge in [0.25, 0.3) is 0 Å². The third-order valence-electron chi connectivity index (χ3n) is 5.67. The lowest BCUT2D eigenvalue weighted by Crippen LogP contribution is -2.47. The molecule has 0 fully saturated rings. The van der Waals surface area contributed by atoms with E-state index in [0.717, 1.165) is 0 Å². The highest BCUT2D eigenvalue weighted by atomic mass is 16.6. The molecule has 0 rings (SSSR count). The summed E-state index contributed by atoms with van der Waals surface area (Å²) in [6, 6.07) is -0.797. The number of carbonyl (C=O) groups excluding carboxylic acids is 3. The van der Waals surface area contributed by atoms with E-state index in [1.807, 2.05) is 0 Å². The maximum Gasteiger partial charge on any atom is 0.407 e. The van der Waals surface area contributed by atoms with Crippen LogP contribution in [0.1, 0.15) is 59.3 Å². The van der Waals surface area contributed by atoms with Gasteiger partial charge in [0.2, 0.25) is 11.8 Å². The Bertz CT molecular complexity index is 869. The van der Waals surface area contributed by atoms with Gasteiger partial charge in [-0.1, -0.05) is 0 Å². The van der Waals surface area contributed by atoms with Gasteiger partial charge < -0.3 is 59.3 Å². The van der Waals surface area contributed by atoms with Crippen LogP contribution in [0.3, 0.4) is 0 Å². The van der Waals surface area contributed by atoms with Crippen LogP contribution in [0.25, 0.3) is 0 Å². The fraction of sp³-hybridized carbons (Fsp3) is 0.833. The minimum Gasteiger partial charge on any atom is -0.481 e. The van der Waals surface area contributed by atoms with E-state index in [9.17, 15) is 24.0 Å². The Balaban J connectivity index is 4.28. The van der Waals surface area contributed by atoms with Crippen LogP contribution >= 0.6 is 0 Å². The maximum atomic E-state index is 12.8. The number of aliphatic carboxylic acids is 2. The lowest BCUT2D eigenvalue weighted by atomic mass is 10.1. The van der Waals surface area contributed by atoms with Crippen molar-refractivity contribution in [2.45, 2.75) is 70.9 Å². The van der Waals surface area contributed by atoms with Crippen molar-refractivity contribution >= 4 is 29.8 Å². The molecule has 0 radical (unpaired) electrons. The third kappa shape index (κ3) is 32.6. The van der Waals surface area contributed by atoms with Crippen molar-refractivity contribution in [2.24, 2.45) is 0 Å². The second kappa shape index (κ2) is 29.1. The molecular weight excluding hydrogens is 626 g/mol. The molecule has 5 N–H and O–H groups in total.